The van der Waals surface area contributed by atoms with Crippen molar-refractivity contribution < 1.29 is 4.74 Å². The Hall–Kier alpha value is -2.27. The van der Waals surface area contributed by atoms with Gasteiger partial charge in [-0.2, -0.15) is 5.10 Å². The van der Waals surface area contributed by atoms with Crippen LogP contribution < -0.4 is 10.1 Å². The molecule has 22 heavy (non-hydrogen) atoms. The van der Waals surface area contributed by atoms with Crippen molar-refractivity contribution >= 4 is 17.2 Å². The summed E-state index contributed by atoms with van der Waals surface area (Å²) in [6.45, 7) is 3.09. The number of benzene rings is 1. The van der Waals surface area contributed by atoms with Gasteiger partial charge in [0.2, 0.25) is 0 Å². The molecule has 5 heteroatoms. The molecule has 3 heterocycles. The van der Waals surface area contributed by atoms with Gasteiger partial charge in [-0.1, -0.05) is 12.1 Å². The zero-order chi connectivity index (χ0) is 15.1. The predicted octanol–water partition coefficient (Wildman–Crippen LogP) is 3.89. The van der Waals surface area contributed by atoms with E-state index < -0.39 is 0 Å². The van der Waals surface area contributed by atoms with Gasteiger partial charge in [0.15, 0.2) is 0 Å². The molecular weight excluding hydrogens is 294 g/mol. The number of anilines is 1. The van der Waals surface area contributed by atoms with E-state index in [-0.39, 0.29) is 0 Å². The third-order valence-corrected chi connectivity index (χ3v) is 4.95. The Labute approximate surface area is 133 Å². The van der Waals surface area contributed by atoms with E-state index in [0.717, 1.165) is 35.9 Å². The van der Waals surface area contributed by atoms with Crippen LogP contribution in [0.2, 0.25) is 0 Å². The fraction of sp³-hybridized carbons (Fsp3) is 0.235. The Morgan fingerprint density at radius 3 is 2.86 bits per heavy atom. The largest absolute Gasteiger partial charge is 0.494 e. The number of hydrogen-bond acceptors (Lipinski definition) is 4. The van der Waals surface area contributed by atoms with Crippen molar-refractivity contribution in [2.24, 2.45) is 0 Å². The summed E-state index contributed by atoms with van der Waals surface area (Å²) in [6.07, 6.45) is 1.01. The van der Waals surface area contributed by atoms with Crippen molar-refractivity contribution in [2.45, 2.75) is 13.3 Å². The highest BCUT2D eigenvalue weighted by Gasteiger charge is 2.25. The van der Waals surface area contributed by atoms with E-state index in [1.54, 1.807) is 18.4 Å². The quantitative estimate of drug-likeness (QED) is 0.797. The molecule has 0 fully saturated rings. The van der Waals surface area contributed by atoms with E-state index in [2.05, 4.69) is 24.4 Å². The lowest BCUT2D eigenvalue weighted by atomic mass is 10.2. The lowest BCUT2D eigenvalue weighted by molar-refractivity contribution is 0.412. The van der Waals surface area contributed by atoms with E-state index in [1.807, 2.05) is 28.9 Å². The van der Waals surface area contributed by atoms with Crippen molar-refractivity contribution in [1.29, 1.82) is 0 Å². The average molecular weight is 311 g/mol. The van der Waals surface area contributed by atoms with Crippen LogP contribution in [0.1, 0.15) is 10.4 Å². The molecule has 1 aromatic carbocycles. The lowest BCUT2D eigenvalue weighted by Gasteiger charge is -2.10. The molecule has 3 aromatic rings. The number of thiophene rings is 1. The number of fused-ring (bicyclic) bond motifs is 1. The van der Waals surface area contributed by atoms with E-state index in [9.17, 15) is 0 Å². The first kappa shape index (κ1) is 13.4. The van der Waals surface area contributed by atoms with Crippen LogP contribution in [0.15, 0.2) is 36.4 Å². The average Bonchev–Trinajstić information content (AvgIpc) is 3.23. The van der Waals surface area contributed by atoms with Crippen molar-refractivity contribution in [3.63, 3.8) is 0 Å². The van der Waals surface area contributed by atoms with Crippen molar-refractivity contribution in [3.8, 4) is 22.0 Å². The van der Waals surface area contributed by atoms with E-state index in [0.29, 0.717) is 0 Å². The summed E-state index contributed by atoms with van der Waals surface area (Å²) < 4.78 is 7.47. The molecule has 4 nitrogen and oxygen atoms in total. The summed E-state index contributed by atoms with van der Waals surface area (Å²) >= 11 is 1.79. The molecule has 2 aromatic heterocycles. The number of aromatic nitrogens is 2. The number of hydrogen-bond donors (Lipinski definition) is 1. The molecule has 1 aliphatic rings. The van der Waals surface area contributed by atoms with Crippen LogP contribution in [0.25, 0.3) is 16.3 Å². The summed E-state index contributed by atoms with van der Waals surface area (Å²) in [4.78, 5) is 2.53. The Bertz CT molecular complexity index is 834. The van der Waals surface area contributed by atoms with Crippen LogP contribution in [-0.2, 0) is 6.42 Å². The second kappa shape index (κ2) is 5.18. The van der Waals surface area contributed by atoms with E-state index >= 15 is 0 Å². The molecular formula is C17H17N3OS. The van der Waals surface area contributed by atoms with Crippen molar-refractivity contribution in [3.05, 3.63) is 46.8 Å². The van der Waals surface area contributed by atoms with Crippen LogP contribution >= 0.6 is 11.3 Å². The molecule has 0 amide bonds. The second-order valence-corrected chi connectivity index (χ2v) is 6.63. The van der Waals surface area contributed by atoms with E-state index in [4.69, 9.17) is 9.84 Å². The number of nitrogens with zero attached hydrogens (tertiary/aromatic N) is 2. The predicted molar refractivity (Wildman–Crippen MR) is 90.4 cm³/mol. The summed E-state index contributed by atoms with van der Waals surface area (Å²) in [5.41, 5.74) is 3.35. The first-order chi connectivity index (χ1) is 10.8. The Morgan fingerprint density at radius 2 is 2.09 bits per heavy atom. The normalized spacial score (nSPS) is 13.0. The van der Waals surface area contributed by atoms with Gasteiger partial charge in [-0.25, -0.2) is 4.68 Å². The van der Waals surface area contributed by atoms with Gasteiger partial charge < -0.3 is 10.1 Å². The maximum atomic E-state index is 5.49. The highest BCUT2D eigenvalue weighted by atomic mass is 32.1. The van der Waals surface area contributed by atoms with Crippen LogP contribution in [0.3, 0.4) is 0 Å². The fourth-order valence-electron chi connectivity index (χ4n) is 2.91. The number of methoxy groups -OCH3 is 1. The highest BCUT2D eigenvalue weighted by Crippen LogP contribution is 2.38. The molecule has 112 valence electrons. The molecule has 4 rings (SSSR count). The van der Waals surface area contributed by atoms with E-state index in [1.165, 1.54) is 15.3 Å². The van der Waals surface area contributed by atoms with Crippen molar-refractivity contribution in [2.75, 3.05) is 19.0 Å². The van der Waals surface area contributed by atoms with Gasteiger partial charge in [-0.15, -0.1) is 11.3 Å². The molecule has 0 radical (unpaired) electrons. The molecule has 0 aliphatic carbocycles. The molecule has 1 aliphatic heterocycles. The number of nitrogens with one attached hydrogen (secondary N) is 1. The minimum absolute atomic E-state index is 0.829. The monoisotopic (exact) mass is 311 g/mol. The summed E-state index contributed by atoms with van der Waals surface area (Å²) in [5, 5.41) is 8.34. The first-order valence-electron chi connectivity index (χ1n) is 7.34. The highest BCUT2D eigenvalue weighted by molar-refractivity contribution is 7.15. The molecule has 0 bridgehead atoms. The van der Waals surface area contributed by atoms with Gasteiger partial charge in [0.1, 0.15) is 22.9 Å². The molecule has 0 spiro atoms. The molecule has 1 N–H and O–H groups in total. The Balaban J connectivity index is 1.91. The maximum absolute atomic E-state index is 5.49. The molecule has 0 saturated heterocycles. The number of aryl methyl sites for hydroxylation is 1. The Kier molecular flexibility index (Phi) is 3.15. The van der Waals surface area contributed by atoms with Gasteiger partial charge in [0.05, 0.1) is 12.0 Å². The van der Waals surface area contributed by atoms with Gasteiger partial charge in [0, 0.05) is 17.0 Å². The van der Waals surface area contributed by atoms with Gasteiger partial charge in [-0.05, 0) is 37.6 Å². The lowest BCUT2D eigenvalue weighted by Crippen LogP contribution is -2.05. The number of para-hydroxylation sites is 2. The molecule has 0 unspecified atom stereocenters. The van der Waals surface area contributed by atoms with Crippen LogP contribution in [0, 0.1) is 6.92 Å². The minimum Gasteiger partial charge on any atom is -0.494 e. The van der Waals surface area contributed by atoms with Gasteiger partial charge in [-0.3, -0.25) is 0 Å². The standard InChI is InChI=1S/C17H17N3OS/c1-11-7-8-15(22-11)16-12-9-10-18-17(12)20(19-16)13-5-3-4-6-14(13)21-2/h3-8,18H,9-10H2,1-2H3. The van der Waals surface area contributed by atoms with Crippen LogP contribution in [0.4, 0.5) is 5.82 Å². The zero-order valence-electron chi connectivity index (χ0n) is 12.6. The van der Waals surface area contributed by atoms with Crippen LogP contribution in [-0.4, -0.2) is 23.4 Å². The van der Waals surface area contributed by atoms with Crippen LogP contribution in [0.5, 0.6) is 5.75 Å². The summed E-state index contributed by atoms with van der Waals surface area (Å²) in [5.74, 6) is 1.92. The summed E-state index contributed by atoms with van der Waals surface area (Å²) in [6, 6.07) is 12.3. The van der Waals surface area contributed by atoms with Gasteiger partial charge in [0.25, 0.3) is 0 Å². The SMILES string of the molecule is COc1ccccc1-n1nc(-c2ccc(C)s2)c2c1NCC2. The third-order valence-electron chi connectivity index (χ3n) is 3.94. The minimum atomic E-state index is 0.829. The molecule has 0 saturated carbocycles. The third kappa shape index (κ3) is 2.01. The number of ether oxygens (including phenoxy) is 1. The zero-order valence-corrected chi connectivity index (χ0v) is 13.4. The topological polar surface area (TPSA) is 39.1 Å². The number of rotatable bonds is 3. The molecule has 0 atom stereocenters. The Morgan fingerprint density at radius 1 is 1.23 bits per heavy atom. The summed E-state index contributed by atoms with van der Waals surface area (Å²) in [7, 11) is 1.69. The fourth-order valence-corrected chi connectivity index (χ4v) is 3.79. The van der Waals surface area contributed by atoms with Gasteiger partial charge >= 0.3 is 0 Å². The second-order valence-electron chi connectivity index (χ2n) is 5.35. The smallest absolute Gasteiger partial charge is 0.144 e. The van der Waals surface area contributed by atoms with Crippen molar-refractivity contribution in [1.82, 2.24) is 9.78 Å². The maximum Gasteiger partial charge on any atom is 0.144 e. The first-order valence-corrected chi connectivity index (χ1v) is 8.15.